The first kappa shape index (κ1) is 15.7. The lowest BCUT2D eigenvalue weighted by molar-refractivity contribution is -0.142. The quantitative estimate of drug-likeness (QED) is 0.872. The highest BCUT2D eigenvalue weighted by atomic mass is 16.2. The number of nitrogens with one attached hydrogen (secondary N) is 1. The van der Waals surface area contributed by atoms with E-state index in [-0.39, 0.29) is 36.1 Å². The summed E-state index contributed by atoms with van der Waals surface area (Å²) < 4.78 is 0. The standard InChI is InChI=1S/C19H19N3O3/c23-17(21-16-9-3-8-15-14(16)7-4-10-20-15)11-22-18(24)12-5-1-2-6-13(12)19(22)25/h3-4,7-10,12-13H,1-2,5-6,11H2,(H,21,23)/t12-,13+. The van der Waals surface area contributed by atoms with E-state index in [1.807, 2.05) is 18.2 Å². The van der Waals surface area contributed by atoms with Crippen molar-refractivity contribution in [1.82, 2.24) is 9.88 Å². The van der Waals surface area contributed by atoms with E-state index < -0.39 is 0 Å². The molecule has 128 valence electrons. The van der Waals surface area contributed by atoms with Crippen LogP contribution in [0, 0.1) is 11.8 Å². The number of benzene rings is 1. The van der Waals surface area contributed by atoms with Gasteiger partial charge in [-0.25, -0.2) is 0 Å². The van der Waals surface area contributed by atoms with E-state index in [0.29, 0.717) is 5.69 Å². The minimum atomic E-state index is -0.364. The number of carbonyl (C=O) groups is 3. The normalized spacial score (nSPS) is 23.0. The van der Waals surface area contributed by atoms with E-state index in [2.05, 4.69) is 10.3 Å². The molecule has 2 aliphatic rings. The second-order valence-electron chi connectivity index (χ2n) is 6.68. The summed E-state index contributed by atoms with van der Waals surface area (Å²) in [7, 11) is 0. The number of hydrogen-bond acceptors (Lipinski definition) is 4. The van der Waals surface area contributed by atoms with Crippen LogP contribution in [0.2, 0.25) is 0 Å². The molecule has 3 amide bonds. The van der Waals surface area contributed by atoms with Crippen molar-refractivity contribution in [2.24, 2.45) is 11.8 Å². The Morgan fingerprint density at radius 3 is 2.52 bits per heavy atom. The Balaban J connectivity index is 1.50. The summed E-state index contributed by atoms with van der Waals surface area (Å²) in [5.74, 6) is -1.20. The van der Waals surface area contributed by atoms with Gasteiger partial charge < -0.3 is 5.32 Å². The van der Waals surface area contributed by atoms with Crippen molar-refractivity contribution in [2.45, 2.75) is 25.7 Å². The molecule has 25 heavy (non-hydrogen) atoms. The Labute approximate surface area is 145 Å². The van der Waals surface area contributed by atoms with Gasteiger partial charge in [0.2, 0.25) is 17.7 Å². The van der Waals surface area contributed by atoms with Crippen LogP contribution in [-0.4, -0.2) is 34.2 Å². The van der Waals surface area contributed by atoms with Crippen molar-refractivity contribution in [2.75, 3.05) is 11.9 Å². The zero-order valence-electron chi connectivity index (χ0n) is 13.8. The van der Waals surface area contributed by atoms with Gasteiger partial charge in [0, 0.05) is 11.6 Å². The second-order valence-corrected chi connectivity index (χ2v) is 6.68. The summed E-state index contributed by atoms with van der Waals surface area (Å²) in [6, 6.07) is 9.14. The number of nitrogens with zero attached hydrogens (tertiary/aromatic N) is 2. The third-order valence-corrected chi connectivity index (χ3v) is 5.15. The number of pyridine rings is 1. The molecule has 0 spiro atoms. The fourth-order valence-corrected chi connectivity index (χ4v) is 3.93. The molecule has 1 saturated heterocycles. The summed E-state index contributed by atoms with van der Waals surface area (Å²) in [6.07, 6.45) is 5.15. The third kappa shape index (κ3) is 2.77. The van der Waals surface area contributed by atoms with Crippen LogP contribution in [0.25, 0.3) is 10.9 Å². The van der Waals surface area contributed by atoms with Gasteiger partial charge in [-0.15, -0.1) is 0 Å². The van der Waals surface area contributed by atoms with E-state index in [1.165, 1.54) is 0 Å². The maximum atomic E-state index is 12.5. The number of fused-ring (bicyclic) bond motifs is 2. The van der Waals surface area contributed by atoms with Crippen LogP contribution < -0.4 is 5.32 Å². The van der Waals surface area contributed by atoms with Crippen LogP contribution in [-0.2, 0) is 14.4 Å². The van der Waals surface area contributed by atoms with Crippen LogP contribution in [0.3, 0.4) is 0 Å². The SMILES string of the molecule is O=C(CN1C(=O)[C@H]2CCCC[C@H]2C1=O)Nc1cccc2ncccc12. The molecule has 0 unspecified atom stereocenters. The van der Waals surface area contributed by atoms with Crippen molar-refractivity contribution in [3.05, 3.63) is 36.5 Å². The predicted octanol–water partition coefficient (Wildman–Crippen LogP) is 2.35. The highest BCUT2D eigenvalue weighted by Crippen LogP contribution is 2.37. The molecule has 2 heterocycles. The first-order chi connectivity index (χ1) is 12.1. The van der Waals surface area contributed by atoms with Crippen LogP contribution in [0.15, 0.2) is 36.5 Å². The van der Waals surface area contributed by atoms with Gasteiger partial charge in [0.05, 0.1) is 23.0 Å². The van der Waals surface area contributed by atoms with E-state index in [1.54, 1.807) is 18.3 Å². The van der Waals surface area contributed by atoms with Crippen molar-refractivity contribution >= 4 is 34.3 Å². The molecule has 0 bridgehead atoms. The number of anilines is 1. The molecular formula is C19H19N3O3. The maximum Gasteiger partial charge on any atom is 0.244 e. The van der Waals surface area contributed by atoms with Crippen LogP contribution in [0.4, 0.5) is 5.69 Å². The molecule has 1 N–H and O–H groups in total. The molecule has 2 aromatic rings. The molecule has 0 radical (unpaired) electrons. The van der Waals surface area contributed by atoms with Crippen LogP contribution in [0.5, 0.6) is 0 Å². The summed E-state index contributed by atoms with van der Waals surface area (Å²) in [4.78, 5) is 42.8. The minimum absolute atomic E-state index is 0.190. The monoisotopic (exact) mass is 337 g/mol. The first-order valence-corrected chi connectivity index (χ1v) is 8.64. The lowest BCUT2D eigenvalue weighted by Crippen LogP contribution is -2.38. The Kier molecular flexibility index (Phi) is 3.95. The zero-order chi connectivity index (χ0) is 17.4. The lowest BCUT2D eigenvalue weighted by Gasteiger charge is -2.19. The highest BCUT2D eigenvalue weighted by molar-refractivity contribution is 6.09. The van der Waals surface area contributed by atoms with Gasteiger partial charge in [0.25, 0.3) is 0 Å². The van der Waals surface area contributed by atoms with E-state index >= 15 is 0 Å². The predicted molar refractivity (Wildman–Crippen MR) is 92.5 cm³/mol. The molecule has 2 fully saturated rings. The molecule has 1 aromatic carbocycles. The average Bonchev–Trinajstić information content (AvgIpc) is 2.87. The number of carbonyl (C=O) groups excluding carboxylic acids is 3. The van der Waals surface area contributed by atoms with Crippen molar-refractivity contribution in [3.63, 3.8) is 0 Å². The lowest BCUT2D eigenvalue weighted by atomic mass is 9.81. The van der Waals surface area contributed by atoms with Gasteiger partial charge in [0.15, 0.2) is 0 Å². The topological polar surface area (TPSA) is 79.4 Å². The molecule has 1 aromatic heterocycles. The van der Waals surface area contributed by atoms with E-state index in [0.717, 1.165) is 41.5 Å². The summed E-state index contributed by atoms with van der Waals surface area (Å²) in [5, 5.41) is 3.63. The first-order valence-electron chi connectivity index (χ1n) is 8.64. The molecule has 1 aliphatic heterocycles. The Bertz CT molecular complexity index is 835. The van der Waals surface area contributed by atoms with Crippen molar-refractivity contribution in [1.29, 1.82) is 0 Å². The number of hydrogen-bond donors (Lipinski definition) is 1. The Morgan fingerprint density at radius 1 is 1.08 bits per heavy atom. The van der Waals surface area contributed by atoms with Gasteiger partial charge in [0.1, 0.15) is 6.54 Å². The number of amides is 3. The Hall–Kier alpha value is -2.76. The highest BCUT2D eigenvalue weighted by Gasteiger charge is 2.48. The molecule has 4 rings (SSSR count). The smallest absolute Gasteiger partial charge is 0.244 e. The third-order valence-electron chi connectivity index (χ3n) is 5.15. The number of likely N-dealkylation sites (tertiary alicyclic amines) is 1. The van der Waals surface area contributed by atoms with E-state index in [4.69, 9.17) is 0 Å². The summed E-state index contributed by atoms with van der Waals surface area (Å²) in [6.45, 7) is -0.221. The molecule has 6 nitrogen and oxygen atoms in total. The molecule has 1 saturated carbocycles. The van der Waals surface area contributed by atoms with Gasteiger partial charge in [-0.1, -0.05) is 18.9 Å². The molecule has 6 heteroatoms. The minimum Gasteiger partial charge on any atom is -0.324 e. The fraction of sp³-hybridized carbons (Fsp3) is 0.368. The largest absolute Gasteiger partial charge is 0.324 e. The maximum absolute atomic E-state index is 12.5. The van der Waals surface area contributed by atoms with Crippen LogP contribution >= 0.6 is 0 Å². The van der Waals surface area contributed by atoms with Gasteiger partial charge in [-0.2, -0.15) is 0 Å². The number of imide groups is 1. The van der Waals surface area contributed by atoms with Crippen molar-refractivity contribution in [3.8, 4) is 0 Å². The molecule has 2 atom stereocenters. The van der Waals surface area contributed by atoms with E-state index in [9.17, 15) is 14.4 Å². The van der Waals surface area contributed by atoms with Crippen LogP contribution in [0.1, 0.15) is 25.7 Å². The summed E-state index contributed by atoms with van der Waals surface area (Å²) >= 11 is 0. The van der Waals surface area contributed by atoms with Gasteiger partial charge in [-0.05, 0) is 37.1 Å². The molecule has 1 aliphatic carbocycles. The number of aromatic nitrogens is 1. The van der Waals surface area contributed by atoms with Crippen molar-refractivity contribution < 1.29 is 14.4 Å². The zero-order valence-corrected chi connectivity index (χ0v) is 13.8. The summed E-state index contributed by atoms with van der Waals surface area (Å²) in [5.41, 5.74) is 1.41. The Morgan fingerprint density at radius 2 is 1.80 bits per heavy atom. The van der Waals surface area contributed by atoms with Gasteiger partial charge >= 0.3 is 0 Å². The van der Waals surface area contributed by atoms with Gasteiger partial charge in [-0.3, -0.25) is 24.3 Å². The number of rotatable bonds is 3. The second kappa shape index (κ2) is 6.27. The average molecular weight is 337 g/mol. The molecular weight excluding hydrogens is 318 g/mol. The fourth-order valence-electron chi connectivity index (χ4n) is 3.93.